The number of hydrogen-bond donors (Lipinski definition) is 1. The third-order valence-electron chi connectivity index (χ3n) is 6.31. The van der Waals surface area contributed by atoms with Crippen molar-refractivity contribution in [2.45, 2.75) is 44.7 Å². The van der Waals surface area contributed by atoms with E-state index in [9.17, 15) is 4.79 Å². The van der Waals surface area contributed by atoms with Crippen LogP contribution in [-0.2, 0) is 18.4 Å². The highest BCUT2D eigenvalue weighted by atomic mass is 35.5. The molecule has 1 aromatic rings. The molecule has 0 unspecified atom stereocenters. The number of amides is 1. The first-order chi connectivity index (χ1) is 12.2. The van der Waals surface area contributed by atoms with Gasteiger partial charge in [-0.3, -0.25) is 14.4 Å². The highest BCUT2D eigenvalue weighted by Crippen LogP contribution is 2.33. The lowest BCUT2D eigenvalue weighted by Crippen LogP contribution is -2.57. The van der Waals surface area contributed by atoms with Crippen molar-refractivity contribution in [3.63, 3.8) is 0 Å². The molecule has 1 aromatic heterocycles. The van der Waals surface area contributed by atoms with Gasteiger partial charge in [-0.25, -0.2) is 0 Å². The maximum atomic E-state index is 12.6. The quantitative estimate of drug-likeness (QED) is 0.814. The van der Waals surface area contributed by atoms with E-state index in [2.05, 4.69) is 26.4 Å². The fourth-order valence-electron chi connectivity index (χ4n) is 4.96. The summed E-state index contributed by atoms with van der Waals surface area (Å²) in [6.45, 7) is 6.41. The van der Waals surface area contributed by atoms with Crippen LogP contribution in [0.2, 0.25) is 0 Å². The Labute approximate surface area is 174 Å². The molecule has 0 radical (unpaired) electrons. The molecule has 3 aliphatic heterocycles. The van der Waals surface area contributed by atoms with Gasteiger partial charge < -0.3 is 10.2 Å². The summed E-state index contributed by atoms with van der Waals surface area (Å²) >= 11 is 0. The summed E-state index contributed by atoms with van der Waals surface area (Å²) in [4.78, 5) is 17.4. The molecule has 154 valence electrons. The van der Waals surface area contributed by atoms with Gasteiger partial charge >= 0.3 is 0 Å². The van der Waals surface area contributed by atoms with E-state index in [1.807, 2.05) is 17.9 Å². The SMILES string of the molecule is Cl.Cl.Cn1cc(CN2CC[C@@H]3[C@@H](CCC(=O)N3CC3CCNCC3)C2)cn1. The van der Waals surface area contributed by atoms with E-state index in [0.29, 0.717) is 23.8 Å². The minimum Gasteiger partial charge on any atom is -0.339 e. The summed E-state index contributed by atoms with van der Waals surface area (Å²) in [6.07, 6.45) is 9.45. The predicted molar refractivity (Wildman–Crippen MR) is 111 cm³/mol. The largest absolute Gasteiger partial charge is 0.339 e. The average Bonchev–Trinajstić information content (AvgIpc) is 3.03. The zero-order valence-electron chi connectivity index (χ0n) is 16.2. The number of nitrogens with zero attached hydrogens (tertiary/aromatic N) is 4. The lowest BCUT2D eigenvalue weighted by molar-refractivity contribution is -0.142. The molecule has 0 aromatic carbocycles. The maximum Gasteiger partial charge on any atom is 0.222 e. The summed E-state index contributed by atoms with van der Waals surface area (Å²) in [7, 11) is 1.97. The van der Waals surface area contributed by atoms with E-state index in [4.69, 9.17) is 0 Å². The minimum atomic E-state index is 0. The molecule has 4 heterocycles. The van der Waals surface area contributed by atoms with Crippen LogP contribution in [0.25, 0.3) is 0 Å². The maximum absolute atomic E-state index is 12.6. The predicted octanol–water partition coefficient (Wildman–Crippen LogP) is 2.08. The number of piperidine rings is 3. The number of aromatic nitrogens is 2. The molecule has 0 spiro atoms. The second-order valence-corrected chi connectivity index (χ2v) is 8.15. The highest BCUT2D eigenvalue weighted by Gasteiger charge is 2.39. The van der Waals surface area contributed by atoms with E-state index in [1.54, 1.807) is 0 Å². The number of fused-ring (bicyclic) bond motifs is 1. The van der Waals surface area contributed by atoms with Gasteiger partial charge in [0.15, 0.2) is 0 Å². The Kier molecular flexibility index (Phi) is 8.40. The lowest BCUT2D eigenvalue weighted by Gasteiger charge is -2.48. The average molecular weight is 418 g/mol. The van der Waals surface area contributed by atoms with Crippen LogP contribution in [0.4, 0.5) is 0 Å². The number of likely N-dealkylation sites (tertiary alicyclic amines) is 2. The first-order valence-electron chi connectivity index (χ1n) is 9.89. The van der Waals surface area contributed by atoms with Crippen LogP contribution in [0, 0.1) is 11.8 Å². The lowest BCUT2D eigenvalue weighted by atomic mass is 9.82. The van der Waals surface area contributed by atoms with E-state index in [1.165, 1.54) is 18.4 Å². The molecule has 2 atom stereocenters. The van der Waals surface area contributed by atoms with E-state index >= 15 is 0 Å². The first-order valence-corrected chi connectivity index (χ1v) is 9.89. The van der Waals surface area contributed by atoms with E-state index in [0.717, 1.165) is 58.5 Å². The molecule has 0 aliphatic carbocycles. The van der Waals surface area contributed by atoms with Gasteiger partial charge in [-0.15, -0.1) is 24.8 Å². The smallest absolute Gasteiger partial charge is 0.222 e. The second kappa shape index (κ2) is 10.1. The van der Waals surface area contributed by atoms with Crippen molar-refractivity contribution in [1.29, 1.82) is 0 Å². The number of hydrogen-bond acceptors (Lipinski definition) is 4. The standard InChI is InChI=1S/C19H31N5O.2ClH/c1-22-11-16(10-21-22)12-23-9-6-18-17(14-23)2-3-19(25)24(18)13-15-4-7-20-8-5-15;;/h10-11,15,17-18,20H,2-9,12-14H2,1H3;2*1H/t17-,18+;;/m0../s1. The molecular weight excluding hydrogens is 385 g/mol. The van der Waals surface area contributed by atoms with Crippen molar-refractivity contribution in [2.75, 3.05) is 32.7 Å². The first kappa shape index (κ1) is 22.5. The van der Waals surface area contributed by atoms with Crippen LogP contribution in [0.15, 0.2) is 12.4 Å². The summed E-state index contributed by atoms with van der Waals surface area (Å²) < 4.78 is 1.88. The topological polar surface area (TPSA) is 53.4 Å². The van der Waals surface area contributed by atoms with Gasteiger partial charge in [0.25, 0.3) is 0 Å². The number of carbonyl (C=O) groups excluding carboxylic acids is 1. The van der Waals surface area contributed by atoms with E-state index < -0.39 is 0 Å². The van der Waals surface area contributed by atoms with Crippen LogP contribution in [-0.4, -0.2) is 64.3 Å². The zero-order chi connectivity index (χ0) is 17.2. The molecule has 3 aliphatic rings. The molecule has 1 N–H and O–H groups in total. The monoisotopic (exact) mass is 417 g/mol. The van der Waals surface area contributed by atoms with Crippen molar-refractivity contribution in [2.24, 2.45) is 18.9 Å². The van der Waals surface area contributed by atoms with Crippen LogP contribution < -0.4 is 5.32 Å². The molecule has 0 saturated carbocycles. The Bertz CT molecular complexity index is 605. The van der Waals surface area contributed by atoms with E-state index in [-0.39, 0.29) is 24.8 Å². The van der Waals surface area contributed by atoms with Crippen LogP contribution >= 0.6 is 24.8 Å². The van der Waals surface area contributed by atoms with Gasteiger partial charge in [-0.05, 0) is 50.6 Å². The Balaban J connectivity index is 0.00000131. The molecule has 1 amide bonds. The fraction of sp³-hybridized carbons (Fsp3) is 0.789. The summed E-state index contributed by atoms with van der Waals surface area (Å²) in [5.41, 5.74) is 1.29. The molecular formula is C19H33Cl2N5O. The number of rotatable bonds is 4. The van der Waals surface area contributed by atoms with Gasteiger partial charge in [-0.1, -0.05) is 0 Å². The molecule has 4 rings (SSSR count). The number of aryl methyl sites for hydroxylation is 1. The number of nitrogens with one attached hydrogen (secondary N) is 1. The third-order valence-corrected chi connectivity index (χ3v) is 6.31. The van der Waals surface area contributed by atoms with Crippen molar-refractivity contribution >= 4 is 30.7 Å². The van der Waals surface area contributed by atoms with Crippen molar-refractivity contribution in [1.82, 2.24) is 24.9 Å². The van der Waals surface area contributed by atoms with Crippen molar-refractivity contribution in [3.8, 4) is 0 Å². The molecule has 8 heteroatoms. The fourth-order valence-corrected chi connectivity index (χ4v) is 4.96. The zero-order valence-corrected chi connectivity index (χ0v) is 17.8. The Morgan fingerprint density at radius 3 is 2.67 bits per heavy atom. The Morgan fingerprint density at radius 2 is 1.96 bits per heavy atom. The minimum absolute atomic E-state index is 0. The van der Waals surface area contributed by atoms with Crippen molar-refractivity contribution in [3.05, 3.63) is 18.0 Å². The number of halogens is 2. The van der Waals surface area contributed by atoms with Gasteiger partial charge in [0.1, 0.15) is 0 Å². The molecule has 3 fully saturated rings. The molecule has 27 heavy (non-hydrogen) atoms. The van der Waals surface area contributed by atoms with Crippen molar-refractivity contribution < 1.29 is 4.79 Å². The van der Waals surface area contributed by atoms with Crippen LogP contribution in [0.1, 0.15) is 37.7 Å². The third kappa shape index (κ3) is 5.37. The number of carbonyl (C=O) groups is 1. The second-order valence-electron chi connectivity index (χ2n) is 8.15. The Morgan fingerprint density at radius 1 is 1.19 bits per heavy atom. The Hall–Kier alpha value is -0.820. The van der Waals surface area contributed by atoms with Crippen LogP contribution in [0.3, 0.4) is 0 Å². The molecule has 0 bridgehead atoms. The summed E-state index contributed by atoms with van der Waals surface area (Å²) in [5, 5.41) is 7.72. The molecule has 6 nitrogen and oxygen atoms in total. The highest BCUT2D eigenvalue weighted by molar-refractivity contribution is 5.85. The van der Waals surface area contributed by atoms with Gasteiger partial charge in [0.2, 0.25) is 5.91 Å². The summed E-state index contributed by atoms with van der Waals surface area (Å²) in [5.74, 6) is 1.74. The summed E-state index contributed by atoms with van der Waals surface area (Å²) in [6, 6.07) is 0.473. The van der Waals surface area contributed by atoms with Gasteiger partial charge in [0, 0.05) is 57.4 Å². The normalized spacial score (nSPS) is 26.9. The van der Waals surface area contributed by atoms with Gasteiger partial charge in [-0.2, -0.15) is 5.10 Å². The van der Waals surface area contributed by atoms with Gasteiger partial charge in [0.05, 0.1) is 6.20 Å². The molecule has 3 saturated heterocycles. The van der Waals surface area contributed by atoms with Crippen LogP contribution in [0.5, 0.6) is 0 Å².